The molecule has 2 N–H and O–H groups in total. The van der Waals surface area contributed by atoms with E-state index in [-0.39, 0.29) is 0 Å². The molecule has 2 nitrogen and oxygen atoms in total. The maximum absolute atomic E-state index is 10.4. The zero-order valence-corrected chi connectivity index (χ0v) is 13.0. The summed E-state index contributed by atoms with van der Waals surface area (Å²) in [5.41, 5.74) is -1.90. The Hall–Kier alpha value is -0.0800. The number of unbranched alkanes of at least 4 members (excludes halogenated alkanes) is 6. The highest BCUT2D eigenvalue weighted by Gasteiger charge is 2.40. The van der Waals surface area contributed by atoms with E-state index in [2.05, 4.69) is 13.8 Å². The molecule has 0 rings (SSSR count). The average molecular weight is 258 g/mol. The maximum atomic E-state index is 10.4. The Morgan fingerprint density at radius 2 is 0.944 bits per heavy atom. The van der Waals surface area contributed by atoms with Gasteiger partial charge in [-0.15, -0.1) is 0 Å². The van der Waals surface area contributed by atoms with Gasteiger partial charge in [0.05, 0.1) is 11.2 Å². The first-order valence-corrected chi connectivity index (χ1v) is 7.82. The summed E-state index contributed by atoms with van der Waals surface area (Å²) >= 11 is 0. The predicted octanol–water partition coefficient (Wildman–Crippen LogP) is 4.43. The first-order valence-electron chi connectivity index (χ1n) is 7.82. The highest BCUT2D eigenvalue weighted by Crippen LogP contribution is 2.32. The monoisotopic (exact) mass is 258 g/mol. The fraction of sp³-hybridized carbons (Fsp3) is 1.00. The lowest BCUT2D eigenvalue weighted by Gasteiger charge is -2.39. The van der Waals surface area contributed by atoms with E-state index in [9.17, 15) is 10.2 Å². The Labute approximate surface area is 114 Å². The molecule has 0 aromatic heterocycles. The van der Waals surface area contributed by atoms with Gasteiger partial charge in [-0.05, 0) is 26.7 Å². The minimum Gasteiger partial charge on any atom is -0.387 e. The molecule has 0 saturated carbocycles. The molecular formula is C16H34O2. The van der Waals surface area contributed by atoms with Crippen molar-refractivity contribution < 1.29 is 10.2 Å². The van der Waals surface area contributed by atoms with Crippen LogP contribution in [0.5, 0.6) is 0 Å². The fourth-order valence-electron chi connectivity index (χ4n) is 2.33. The molecule has 0 bridgehead atoms. The lowest BCUT2D eigenvalue weighted by Crippen LogP contribution is -2.49. The number of hydrogen-bond acceptors (Lipinski definition) is 2. The van der Waals surface area contributed by atoms with Crippen molar-refractivity contribution in [2.45, 2.75) is 103 Å². The molecule has 0 aliphatic heterocycles. The van der Waals surface area contributed by atoms with Gasteiger partial charge < -0.3 is 10.2 Å². The zero-order chi connectivity index (χ0) is 14.1. The van der Waals surface area contributed by atoms with Crippen LogP contribution in [0.3, 0.4) is 0 Å². The number of aliphatic hydroxyl groups is 2. The Morgan fingerprint density at radius 1 is 0.611 bits per heavy atom. The second kappa shape index (κ2) is 8.92. The van der Waals surface area contributed by atoms with Gasteiger partial charge in [0, 0.05) is 0 Å². The van der Waals surface area contributed by atoms with Gasteiger partial charge >= 0.3 is 0 Å². The molecule has 0 spiro atoms. The molecule has 0 saturated heterocycles. The van der Waals surface area contributed by atoms with Gasteiger partial charge in [0.15, 0.2) is 0 Å². The molecule has 2 atom stereocenters. The summed E-state index contributed by atoms with van der Waals surface area (Å²) in [6.07, 6.45) is 10.6. The fourth-order valence-corrected chi connectivity index (χ4v) is 2.33. The van der Waals surface area contributed by atoms with Crippen LogP contribution in [-0.2, 0) is 0 Å². The molecular weight excluding hydrogens is 224 g/mol. The van der Waals surface area contributed by atoms with Crippen LogP contribution in [0.4, 0.5) is 0 Å². The van der Waals surface area contributed by atoms with Gasteiger partial charge in [0.2, 0.25) is 0 Å². The van der Waals surface area contributed by atoms with Crippen molar-refractivity contribution in [2.24, 2.45) is 0 Å². The SMILES string of the molecule is CCCCCCC(C)(O)C(C)(O)CCCCCC. The quantitative estimate of drug-likeness (QED) is 0.538. The van der Waals surface area contributed by atoms with Crippen molar-refractivity contribution in [1.82, 2.24) is 0 Å². The van der Waals surface area contributed by atoms with E-state index < -0.39 is 11.2 Å². The summed E-state index contributed by atoms with van der Waals surface area (Å²) in [5.74, 6) is 0. The molecule has 2 unspecified atom stereocenters. The van der Waals surface area contributed by atoms with Crippen molar-refractivity contribution >= 4 is 0 Å². The van der Waals surface area contributed by atoms with Crippen LogP contribution in [0.1, 0.15) is 91.9 Å². The molecule has 2 heteroatoms. The van der Waals surface area contributed by atoms with E-state index in [0.717, 1.165) is 25.7 Å². The van der Waals surface area contributed by atoms with E-state index in [4.69, 9.17) is 0 Å². The van der Waals surface area contributed by atoms with Gasteiger partial charge in [-0.3, -0.25) is 0 Å². The molecule has 0 aromatic rings. The molecule has 0 heterocycles. The third-order valence-corrected chi connectivity index (χ3v) is 4.19. The van der Waals surface area contributed by atoms with Crippen molar-refractivity contribution in [2.75, 3.05) is 0 Å². The van der Waals surface area contributed by atoms with Crippen LogP contribution in [0.25, 0.3) is 0 Å². The Bertz CT molecular complexity index is 175. The Kier molecular flexibility index (Phi) is 8.89. The third kappa shape index (κ3) is 6.75. The lowest BCUT2D eigenvalue weighted by atomic mass is 9.78. The summed E-state index contributed by atoms with van der Waals surface area (Å²) in [7, 11) is 0. The predicted molar refractivity (Wildman–Crippen MR) is 78.8 cm³/mol. The van der Waals surface area contributed by atoms with Gasteiger partial charge in [0.25, 0.3) is 0 Å². The van der Waals surface area contributed by atoms with Crippen molar-refractivity contribution in [3.8, 4) is 0 Å². The molecule has 0 amide bonds. The van der Waals surface area contributed by atoms with Crippen molar-refractivity contribution in [1.29, 1.82) is 0 Å². The average Bonchev–Trinajstić information content (AvgIpc) is 2.30. The molecule has 0 radical (unpaired) electrons. The Balaban J connectivity index is 4.02. The third-order valence-electron chi connectivity index (χ3n) is 4.19. The van der Waals surface area contributed by atoms with Crippen LogP contribution >= 0.6 is 0 Å². The normalized spacial score (nSPS) is 18.3. The summed E-state index contributed by atoms with van der Waals surface area (Å²) in [6.45, 7) is 7.95. The molecule has 18 heavy (non-hydrogen) atoms. The first kappa shape index (κ1) is 17.9. The van der Waals surface area contributed by atoms with Crippen LogP contribution < -0.4 is 0 Å². The smallest absolute Gasteiger partial charge is 0.0902 e. The summed E-state index contributed by atoms with van der Waals surface area (Å²) in [6, 6.07) is 0. The van der Waals surface area contributed by atoms with Gasteiger partial charge in [-0.2, -0.15) is 0 Å². The van der Waals surface area contributed by atoms with E-state index in [1.807, 2.05) is 0 Å². The van der Waals surface area contributed by atoms with Crippen molar-refractivity contribution in [3.63, 3.8) is 0 Å². The summed E-state index contributed by atoms with van der Waals surface area (Å²) in [5, 5.41) is 20.9. The molecule has 0 fully saturated rings. The molecule has 110 valence electrons. The van der Waals surface area contributed by atoms with E-state index >= 15 is 0 Å². The van der Waals surface area contributed by atoms with Gasteiger partial charge in [-0.1, -0.05) is 65.2 Å². The van der Waals surface area contributed by atoms with Gasteiger partial charge in [0.1, 0.15) is 0 Å². The summed E-state index contributed by atoms with van der Waals surface area (Å²) in [4.78, 5) is 0. The minimum absolute atomic E-state index is 0.702. The summed E-state index contributed by atoms with van der Waals surface area (Å²) < 4.78 is 0. The zero-order valence-electron chi connectivity index (χ0n) is 13.0. The maximum Gasteiger partial charge on any atom is 0.0902 e. The van der Waals surface area contributed by atoms with Crippen molar-refractivity contribution in [3.05, 3.63) is 0 Å². The standard InChI is InChI=1S/C16H34O2/c1-5-7-9-11-13-15(3,17)16(4,18)14-12-10-8-6-2/h17-18H,5-14H2,1-4H3. The van der Waals surface area contributed by atoms with E-state index in [1.54, 1.807) is 13.8 Å². The topological polar surface area (TPSA) is 40.5 Å². The molecule has 0 aromatic carbocycles. The second-order valence-electron chi connectivity index (χ2n) is 6.17. The lowest BCUT2D eigenvalue weighted by molar-refractivity contribution is -0.140. The van der Waals surface area contributed by atoms with Crippen LogP contribution in [0, 0.1) is 0 Å². The highest BCUT2D eigenvalue weighted by atomic mass is 16.4. The first-order chi connectivity index (χ1) is 8.37. The van der Waals surface area contributed by atoms with E-state index in [1.165, 1.54) is 25.7 Å². The molecule has 0 aliphatic rings. The Morgan fingerprint density at radius 3 is 1.22 bits per heavy atom. The number of rotatable bonds is 11. The van der Waals surface area contributed by atoms with E-state index in [0.29, 0.717) is 12.8 Å². The largest absolute Gasteiger partial charge is 0.387 e. The molecule has 0 aliphatic carbocycles. The van der Waals surface area contributed by atoms with Crippen LogP contribution in [-0.4, -0.2) is 21.4 Å². The van der Waals surface area contributed by atoms with Gasteiger partial charge in [-0.25, -0.2) is 0 Å². The van der Waals surface area contributed by atoms with Crippen LogP contribution in [0.15, 0.2) is 0 Å². The second-order valence-corrected chi connectivity index (χ2v) is 6.17. The number of hydrogen-bond donors (Lipinski definition) is 2. The minimum atomic E-state index is -0.951. The van der Waals surface area contributed by atoms with Crippen LogP contribution in [0.2, 0.25) is 0 Å². The highest BCUT2D eigenvalue weighted by molar-refractivity contribution is 4.93.